The lowest BCUT2D eigenvalue weighted by Gasteiger charge is -1.99. The third-order valence-electron chi connectivity index (χ3n) is 2.41. The summed E-state index contributed by atoms with van der Waals surface area (Å²) in [5, 5.41) is 0. The number of hydrogen-bond donors (Lipinski definition) is 0. The van der Waals surface area contributed by atoms with E-state index in [2.05, 4.69) is 20.4 Å². The fourth-order valence-corrected chi connectivity index (χ4v) is 1.34. The average molecular weight is 242 g/mol. The first-order valence-corrected chi connectivity index (χ1v) is 6.99. The van der Waals surface area contributed by atoms with E-state index in [-0.39, 0.29) is 0 Å². The molecule has 2 heteroatoms. The lowest BCUT2D eigenvalue weighted by atomic mass is 10.1. The molecule has 0 aliphatic heterocycles. The number of hydrogen-bond acceptors (Lipinski definition) is 2. The molecule has 102 valence electrons. The Morgan fingerprint density at radius 3 is 2.00 bits per heavy atom. The number of carbonyl (C=O) groups excluding carboxylic acids is 1. The Labute approximate surface area is 107 Å². The van der Waals surface area contributed by atoms with Gasteiger partial charge in [0.2, 0.25) is 0 Å². The summed E-state index contributed by atoms with van der Waals surface area (Å²) in [6.45, 7) is 8.64. The van der Waals surface area contributed by atoms with Gasteiger partial charge in [-0.3, -0.25) is 0 Å². The highest BCUT2D eigenvalue weighted by atomic mass is 16.5. The van der Waals surface area contributed by atoms with Gasteiger partial charge in [0.05, 0.1) is 12.9 Å². The molecule has 0 aromatic heterocycles. The normalized spacial score (nSPS) is 9.06. The van der Waals surface area contributed by atoms with Crippen molar-refractivity contribution in [1.82, 2.24) is 0 Å². The minimum Gasteiger partial charge on any atom is -0.502 e. The maximum atomic E-state index is 9.56. The standard InChI is InChI=1S/C10H20O.C5H10O/c1-3-5-6-7-8-9-10-11-4-2;1-2-3-4-5-6/h4H,2-3,5-10H2,1H3;5H,2-4H2,1H3. The fraction of sp³-hybridized carbons (Fsp3) is 0.800. The molecule has 0 aromatic rings. The van der Waals surface area contributed by atoms with Crippen LogP contribution in [0.3, 0.4) is 0 Å². The van der Waals surface area contributed by atoms with Crippen molar-refractivity contribution in [2.45, 2.75) is 71.6 Å². The second kappa shape index (κ2) is 20.6. The second-order valence-electron chi connectivity index (χ2n) is 4.11. The minimum atomic E-state index is 0.733. The van der Waals surface area contributed by atoms with E-state index in [1.165, 1.54) is 44.8 Å². The van der Waals surface area contributed by atoms with Crippen LogP contribution in [0.2, 0.25) is 0 Å². The minimum absolute atomic E-state index is 0.733. The Bertz CT molecular complexity index is 144. The summed E-state index contributed by atoms with van der Waals surface area (Å²) in [5.41, 5.74) is 0. The van der Waals surface area contributed by atoms with Gasteiger partial charge in [0, 0.05) is 6.42 Å². The Hall–Kier alpha value is -0.790. The van der Waals surface area contributed by atoms with Crippen molar-refractivity contribution in [1.29, 1.82) is 0 Å². The molecule has 0 spiro atoms. The summed E-state index contributed by atoms with van der Waals surface area (Å²) in [4.78, 5) is 9.56. The number of carbonyl (C=O) groups is 1. The first kappa shape index (κ1) is 18.6. The summed E-state index contributed by atoms with van der Waals surface area (Å²) < 4.78 is 5.00. The lowest BCUT2D eigenvalue weighted by Crippen LogP contribution is -1.87. The molecule has 0 N–H and O–H groups in total. The van der Waals surface area contributed by atoms with Crippen LogP contribution in [0.4, 0.5) is 0 Å². The largest absolute Gasteiger partial charge is 0.502 e. The van der Waals surface area contributed by atoms with Gasteiger partial charge in [-0.15, -0.1) is 0 Å². The first-order chi connectivity index (χ1) is 8.33. The summed E-state index contributed by atoms with van der Waals surface area (Å²) >= 11 is 0. The molecule has 0 atom stereocenters. The third-order valence-corrected chi connectivity index (χ3v) is 2.41. The molecule has 0 unspecified atom stereocenters. The van der Waals surface area contributed by atoms with Crippen LogP contribution in [-0.4, -0.2) is 12.9 Å². The molecule has 0 saturated heterocycles. The summed E-state index contributed by atoms with van der Waals surface area (Å²) in [6.07, 6.45) is 13.3. The van der Waals surface area contributed by atoms with Gasteiger partial charge in [0.1, 0.15) is 6.29 Å². The highest BCUT2D eigenvalue weighted by molar-refractivity contribution is 5.48. The Kier molecular flexibility index (Phi) is 22.5. The van der Waals surface area contributed by atoms with Gasteiger partial charge >= 0.3 is 0 Å². The van der Waals surface area contributed by atoms with Crippen molar-refractivity contribution in [3.63, 3.8) is 0 Å². The summed E-state index contributed by atoms with van der Waals surface area (Å²) in [6, 6.07) is 0. The SMILES string of the molecule is C=COCCCCCCCC.CCCCC=O. The van der Waals surface area contributed by atoms with Gasteiger partial charge in [-0.2, -0.15) is 0 Å². The predicted octanol–water partition coefficient (Wildman–Crippen LogP) is 4.88. The number of rotatable bonds is 11. The smallest absolute Gasteiger partial charge is 0.119 e. The van der Waals surface area contributed by atoms with Crippen molar-refractivity contribution < 1.29 is 9.53 Å². The zero-order valence-electron chi connectivity index (χ0n) is 11.7. The van der Waals surface area contributed by atoms with Gasteiger partial charge in [-0.1, -0.05) is 59.0 Å². The molecule has 0 rings (SSSR count). The van der Waals surface area contributed by atoms with E-state index in [1.54, 1.807) is 0 Å². The number of aldehydes is 1. The Morgan fingerprint density at radius 2 is 1.53 bits per heavy atom. The maximum absolute atomic E-state index is 9.56. The van der Waals surface area contributed by atoms with Crippen LogP contribution in [0.15, 0.2) is 12.8 Å². The molecule has 0 aromatic carbocycles. The molecule has 0 radical (unpaired) electrons. The number of unbranched alkanes of at least 4 members (excludes halogenated alkanes) is 7. The van der Waals surface area contributed by atoms with E-state index in [4.69, 9.17) is 4.74 Å². The van der Waals surface area contributed by atoms with Crippen LogP contribution in [0, 0.1) is 0 Å². The molecule has 0 bridgehead atoms. The Balaban J connectivity index is 0. The van der Waals surface area contributed by atoms with Gasteiger partial charge in [0.25, 0.3) is 0 Å². The third kappa shape index (κ3) is 25.5. The van der Waals surface area contributed by atoms with E-state index >= 15 is 0 Å². The molecule has 0 amide bonds. The highest BCUT2D eigenvalue weighted by Gasteiger charge is 1.88. The Morgan fingerprint density at radius 1 is 0.941 bits per heavy atom. The van der Waals surface area contributed by atoms with E-state index in [0.29, 0.717) is 0 Å². The molecular formula is C15H30O2. The van der Waals surface area contributed by atoms with Gasteiger partial charge < -0.3 is 9.53 Å². The molecule has 0 aliphatic rings. The van der Waals surface area contributed by atoms with Crippen LogP contribution in [-0.2, 0) is 9.53 Å². The van der Waals surface area contributed by atoms with Crippen molar-refractivity contribution >= 4 is 6.29 Å². The summed E-state index contributed by atoms with van der Waals surface area (Å²) in [5.74, 6) is 0. The highest BCUT2D eigenvalue weighted by Crippen LogP contribution is 2.04. The molecule has 0 saturated carbocycles. The fourth-order valence-electron chi connectivity index (χ4n) is 1.34. The molecule has 17 heavy (non-hydrogen) atoms. The van der Waals surface area contributed by atoms with Gasteiger partial charge in [0.15, 0.2) is 0 Å². The first-order valence-electron chi connectivity index (χ1n) is 6.99. The van der Waals surface area contributed by atoms with Crippen LogP contribution < -0.4 is 0 Å². The molecule has 2 nitrogen and oxygen atoms in total. The van der Waals surface area contributed by atoms with Crippen molar-refractivity contribution in [3.8, 4) is 0 Å². The zero-order chi connectivity index (χ0) is 13.2. The van der Waals surface area contributed by atoms with Crippen molar-refractivity contribution in [2.75, 3.05) is 6.61 Å². The van der Waals surface area contributed by atoms with E-state index in [0.717, 1.165) is 32.2 Å². The summed E-state index contributed by atoms with van der Waals surface area (Å²) in [7, 11) is 0. The van der Waals surface area contributed by atoms with Gasteiger partial charge in [-0.05, 0) is 12.8 Å². The van der Waals surface area contributed by atoms with Gasteiger partial charge in [-0.25, -0.2) is 0 Å². The monoisotopic (exact) mass is 242 g/mol. The van der Waals surface area contributed by atoms with Crippen molar-refractivity contribution in [3.05, 3.63) is 12.8 Å². The quantitative estimate of drug-likeness (QED) is 0.293. The van der Waals surface area contributed by atoms with Crippen LogP contribution in [0.1, 0.15) is 71.6 Å². The molecule has 0 aliphatic carbocycles. The molecule has 0 heterocycles. The second-order valence-corrected chi connectivity index (χ2v) is 4.11. The zero-order valence-corrected chi connectivity index (χ0v) is 11.7. The topological polar surface area (TPSA) is 26.3 Å². The number of ether oxygens (including phenoxy) is 1. The van der Waals surface area contributed by atoms with E-state index in [1.807, 2.05) is 0 Å². The van der Waals surface area contributed by atoms with Crippen LogP contribution in [0.25, 0.3) is 0 Å². The maximum Gasteiger partial charge on any atom is 0.119 e. The van der Waals surface area contributed by atoms with E-state index in [9.17, 15) is 4.79 Å². The van der Waals surface area contributed by atoms with Crippen LogP contribution in [0.5, 0.6) is 0 Å². The predicted molar refractivity (Wildman–Crippen MR) is 75.1 cm³/mol. The molecule has 0 fully saturated rings. The average Bonchev–Trinajstić information content (AvgIpc) is 2.36. The lowest BCUT2D eigenvalue weighted by molar-refractivity contribution is -0.107. The molecular weight excluding hydrogens is 212 g/mol. The van der Waals surface area contributed by atoms with Crippen LogP contribution >= 0.6 is 0 Å². The van der Waals surface area contributed by atoms with Crippen molar-refractivity contribution in [2.24, 2.45) is 0 Å². The van der Waals surface area contributed by atoms with E-state index < -0.39 is 0 Å².